The quantitative estimate of drug-likeness (QED) is 0.699. The molecule has 0 aliphatic carbocycles. The highest BCUT2D eigenvalue weighted by molar-refractivity contribution is 7.89. The molecule has 1 aliphatic heterocycles. The third-order valence-electron chi connectivity index (χ3n) is 5.06. The number of ether oxygens (including phenoxy) is 1. The lowest BCUT2D eigenvalue weighted by Crippen LogP contribution is -2.50. The average molecular weight is 431 g/mol. The van der Waals surface area contributed by atoms with Gasteiger partial charge in [0.05, 0.1) is 23.6 Å². The summed E-state index contributed by atoms with van der Waals surface area (Å²) in [6.45, 7) is 0.993. The van der Waals surface area contributed by atoms with Crippen LogP contribution >= 0.6 is 0 Å². The van der Waals surface area contributed by atoms with Crippen LogP contribution in [0.1, 0.15) is 17.5 Å². The van der Waals surface area contributed by atoms with Gasteiger partial charge in [0.2, 0.25) is 15.9 Å². The Morgan fingerprint density at radius 3 is 2.37 bits per heavy atom. The highest BCUT2D eigenvalue weighted by atomic mass is 32.2. The van der Waals surface area contributed by atoms with E-state index < -0.39 is 15.8 Å². The van der Waals surface area contributed by atoms with Crippen molar-refractivity contribution in [2.75, 3.05) is 33.3 Å². The van der Waals surface area contributed by atoms with Gasteiger partial charge in [-0.1, -0.05) is 6.07 Å². The van der Waals surface area contributed by atoms with Crippen molar-refractivity contribution in [1.29, 1.82) is 5.26 Å². The van der Waals surface area contributed by atoms with Crippen LogP contribution in [0.4, 0.5) is 4.39 Å². The van der Waals surface area contributed by atoms with E-state index in [2.05, 4.69) is 0 Å². The Hall–Kier alpha value is -2.96. The minimum Gasteiger partial charge on any atom is -0.494 e. The molecule has 30 heavy (non-hydrogen) atoms. The molecule has 0 unspecified atom stereocenters. The molecule has 1 heterocycles. The fourth-order valence-corrected chi connectivity index (χ4v) is 4.73. The van der Waals surface area contributed by atoms with E-state index in [4.69, 9.17) is 10.00 Å². The Labute approximate surface area is 175 Å². The van der Waals surface area contributed by atoms with Crippen molar-refractivity contribution in [3.63, 3.8) is 0 Å². The Bertz CT molecular complexity index is 1060. The van der Waals surface area contributed by atoms with Crippen LogP contribution in [0.5, 0.6) is 5.75 Å². The predicted molar refractivity (Wildman–Crippen MR) is 108 cm³/mol. The summed E-state index contributed by atoms with van der Waals surface area (Å²) in [5.74, 6) is -0.407. The lowest BCUT2D eigenvalue weighted by Gasteiger charge is -2.34. The minimum absolute atomic E-state index is 0.0957. The van der Waals surface area contributed by atoms with E-state index in [1.807, 2.05) is 6.07 Å². The van der Waals surface area contributed by atoms with Crippen molar-refractivity contribution < 1.29 is 22.3 Å². The van der Waals surface area contributed by atoms with Gasteiger partial charge in [-0.15, -0.1) is 0 Å². The van der Waals surface area contributed by atoms with Crippen molar-refractivity contribution >= 4 is 15.9 Å². The third-order valence-corrected chi connectivity index (χ3v) is 6.97. The van der Waals surface area contributed by atoms with E-state index in [0.717, 1.165) is 0 Å². The topological polar surface area (TPSA) is 90.7 Å². The molecule has 0 radical (unpaired) electrons. The zero-order valence-corrected chi connectivity index (χ0v) is 17.4. The fraction of sp³-hybridized carbons (Fsp3) is 0.333. The van der Waals surface area contributed by atoms with Crippen LogP contribution in [0.15, 0.2) is 47.4 Å². The number of carbonyl (C=O) groups is 1. The van der Waals surface area contributed by atoms with E-state index in [9.17, 15) is 17.6 Å². The number of piperazine rings is 1. The van der Waals surface area contributed by atoms with Gasteiger partial charge in [0, 0.05) is 32.6 Å². The zero-order chi connectivity index (χ0) is 21.7. The summed E-state index contributed by atoms with van der Waals surface area (Å²) >= 11 is 0. The summed E-state index contributed by atoms with van der Waals surface area (Å²) in [5, 5.41) is 8.84. The number of methoxy groups -OCH3 is 1. The predicted octanol–water partition coefficient (Wildman–Crippen LogP) is 2.17. The minimum atomic E-state index is -3.67. The first-order chi connectivity index (χ1) is 14.3. The van der Waals surface area contributed by atoms with Gasteiger partial charge in [-0.25, -0.2) is 12.8 Å². The summed E-state index contributed by atoms with van der Waals surface area (Å²) in [5.41, 5.74) is 1.09. The molecule has 0 N–H and O–H groups in total. The summed E-state index contributed by atoms with van der Waals surface area (Å²) in [4.78, 5) is 14.2. The van der Waals surface area contributed by atoms with Gasteiger partial charge >= 0.3 is 0 Å². The number of amides is 1. The molecule has 0 aromatic heterocycles. The van der Waals surface area contributed by atoms with Crippen LogP contribution in [0.3, 0.4) is 0 Å². The Morgan fingerprint density at radius 2 is 1.80 bits per heavy atom. The van der Waals surface area contributed by atoms with Crippen LogP contribution in [0, 0.1) is 17.1 Å². The van der Waals surface area contributed by atoms with Crippen molar-refractivity contribution in [2.45, 2.75) is 17.7 Å². The van der Waals surface area contributed by atoms with E-state index in [1.54, 1.807) is 11.0 Å². The number of nitriles is 1. The van der Waals surface area contributed by atoms with E-state index in [-0.39, 0.29) is 36.1 Å². The lowest BCUT2D eigenvalue weighted by atomic mass is 10.1. The Morgan fingerprint density at radius 1 is 1.13 bits per heavy atom. The molecular weight excluding hydrogens is 409 g/mol. The first-order valence-corrected chi connectivity index (χ1v) is 10.9. The van der Waals surface area contributed by atoms with Crippen molar-refractivity contribution in [3.05, 3.63) is 59.4 Å². The Kier molecular flexibility index (Phi) is 6.70. The summed E-state index contributed by atoms with van der Waals surface area (Å²) in [6.07, 6.45) is 0.609. The second kappa shape index (κ2) is 9.24. The maximum absolute atomic E-state index is 13.8. The lowest BCUT2D eigenvalue weighted by molar-refractivity contribution is -0.132. The van der Waals surface area contributed by atoms with Crippen LogP contribution in [-0.4, -0.2) is 56.8 Å². The van der Waals surface area contributed by atoms with Crippen LogP contribution in [0.25, 0.3) is 0 Å². The fourth-order valence-electron chi connectivity index (χ4n) is 3.30. The maximum atomic E-state index is 13.8. The number of sulfonamides is 1. The normalized spacial score (nSPS) is 14.9. The van der Waals surface area contributed by atoms with E-state index in [0.29, 0.717) is 30.6 Å². The number of hydrogen-bond donors (Lipinski definition) is 0. The van der Waals surface area contributed by atoms with Crippen LogP contribution in [-0.2, 0) is 21.2 Å². The molecule has 0 spiro atoms. The van der Waals surface area contributed by atoms with E-state index in [1.165, 1.54) is 47.8 Å². The van der Waals surface area contributed by atoms with Crippen molar-refractivity contribution in [2.24, 2.45) is 0 Å². The van der Waals surface area contributed by atoms with Crippen molar-refractivity contribution in [1.82, 2.24) is 9.21 Å². The van der Waals surface area contributed by atoms with Gasteiger partial charge in [-0.2, -0.15) is 9.57 Å². The first kappa shape index (κ1) is 21.7. The number of carbonyl (C=O) groups excluding carboxylic acids is 1. The third kappa shape index (κ3) is 4.78. The summed E-state index contributed by atoms with van der Waals surface area (Å²) in [6, 6.07) is 12.3. The number of hydrogen-bond acceptors (Lipinski definition) is 5. The molecule has 3 rings (SSSR count). The molecule has 9 heteroatoms. The van der Waals surface area contributed by atoms with Gasteiger partial charge < -0.3 is 9.64 Å². The molecule has 7 nitrogen and oxygen atoms in total. The monoisotopic (exact) mass is 431 g/mol. The number of aryl methyl sites for hydroxylation is 1. The summed E-state index contributed by atoms with van der Waals surface area (Å²) < 4.78 is 45.5. The molecule has 158 valence electrons. The maximum Gasteiger partial charge on any atom is 0.243 e. The molecule has 0 bridgehead atoms. The van der Waals surface area contributed by atoms with E-state index >= 15 is 0 Å². The van der Waals surface area contributed by atoms with Gasteiger partial charge in [-0.05, 0) is 48.4 Å². The number of rotatable bonds is 6. The standard InChI is InChI=1S/C21H22FN3O4S/c1-29-20-8-4-16(14-19(20)22)5-9-21(26)24-10-12-25(13-11-24)30(27,28)18-6-2-17(15-23)3-7-18/h2-4,6-8,14H,5,9-13H2,1H3. The van der Waals surface area contributed by atoms with Gasteiger partial charge in [0.25, 0.3) is 0 Å². The highest BCUT2D eigenvalue weighted by Gasteiger charge is 2.30. The molecule has 1 aliphatic rings. The van der Waals surface area contributed by atoms with Crippen LogP contribution < -0.4 is 4.74 Å². The average Bonchev–Trinajstić information content (AvgIpc) is 2.77. The highest BCUT2D eigenvalue weighted by Crippen LogP contribution is 2.20. The molecule has 0 atom stereocenters. The largest absolute Gasteiger partial charge is 0.494 e. The zero-order valence-electron chi connectivity index (χ0n) is 16.5. The Balaban J connectivity index is 1.54. The molecule has 1 fully saturated rings. The molecule has 1 saturated heterocycles. The number of benzene rings is 2. The molecule has 1 amide bonds. The molecule has 0 saturated carbocycles. The number of halogens is 1. The van der Waals surface area contributed by atoms with Crippen molar-refractivity contribution in [3.8, 4) is 11.8 Å². The molecule has 2 aromatic rings. The van der Waals surface area contributed by atoms with Crippen LogP contribution in [0.2, 0.25) is 0 Å². The smallest absolute Gasteiger partial charge is 0.243 e. The second-order valence-electron chi connectivity index (χ2n) is 6.89. The van der Waals surface area contributed by atoms with Gasteiger partial charge in [0.1, 0.15) is 0 Å². The van der Waals surface area contributed by atoms with Gasteiger partial charge in [0.15, 0.2) is 11.6 Å². The summed E-state index contributed by atoms with van der Waals surface area (Å²) in [7, 11) is -2.28. The van der Waals surface area contributed by atoms with Gasteiger partial charge in [-0.3, -0.25) is 4.79 Å². The SMILES string of the molecule is COc1ccc(CCC(=O)N2CCN(S(=O)(=O)c3ccc(C#N)cc3)CC2)cc1F. The first-order valence-electron chi connectivity index (χ1n) is 9.45. The molecular formula is C21H22FN3O4S. The molecule has 2 aromatic carbocycles. The second-order valence-corrected chi connectivity index (χ2v) is 8.83. The number of nitrogens with zero attached hydrogens (tertiary/aromatic N) is 3.